The fourth-order valence-corrected chi connectivity index (χ4v) is 2.19. The Balaban J connectivity index is 2.54. The van der Waals surface area contributed by atoms with E-state index in [1.165, 1.54) is 12.4 Å². The second-order valence-electron chi connectivity index (χ2n) is 3.20. The molecule has 0 saturated heterocycles. The molecule has 0 radical (unpaired) electrons. The minimum Gasteiger partial charge on any atom is -0.466 e. The van der Waals surface area contributed by atoms with Crippen LogP contribution in [-0.4, -0.2) is 36.7 Å². The van der Waals surface area contributed by atoms with E-state index in [9.17, 15) is 13.2 Å². The van der Waals surface area contributed by atoms with Gasteiger partial charge in [0.05, 0.1) is 31.2 Å². The minimum absolute atomic E-state index is 0.0991. The van der Waals surface area contributed by atoms with Gasteiger partial charge in [0.2, 0.25) is 10.0 Å². The van der Waals surface area contributed by atoms with Crippen LogP contribution in [0.5, 0.6) is 0 Å². The molecular weight excluding hydrogens is 326 g/mol. The minimum atomic E-state index is -3.63. The van der Waals surface area contributed by atoms with Gasteiger partial charge in [0.25, 0.3) is 0 Å². The van der Waals surface area contributed by atoms with E-state index in [-0.39, 0.29) is 24.6 Å². The number of carbonyl (C=O) groups excluding carboxylic acids is 1. The SMILES string of the molecule is CCOC(=O)CCS(=O)(=O)Nc1cnc(Br)cn1. The van der Waals surface area contributed by atoms with Crippen LogP contribution in [0, 0.1) is 0 Å². The van der Waals surface area contributed by atoms with Gasteiger partial charge in [-0.1, -0.05) is 0 Å². The lowest BCUT2D eigenvalue weighted by Crippen LogP contribution is -2.20. The van der Waals surface area contributed by atoms with Crippen molar-refractivity contribution in [1.82, 2.24) is 9.97 Å². The van der Waals surface area contributed by atoms with E-state index in [1.54, 1.807) is 6.92 Å². The van der Waals surface area contributed by atoms with Crippen molar-refractivity contribution in [3.05, 3.63) is 17.0 Å². The van der Waals surface area contributed by atoms with Gasteiger partial charge in [0.15, 0.2) is 5.82 Å². The van der Waals surface area contributed by atoms with E-state index in [2.05, 4.69) is 35.4 Å². The molecule has 0 unspecified atom stereocenters. The second kappa shape index (κ2) is 6.64. The van der Waals surface area contributed by atoms with Crippen molar-refractivity contribution in [3.63, 3.8) is 0 Å². The number of halogens is 1. The fraction of sp³-hybridized carbons (Fsp3) is 0.444. The number of hydrogen-bond acceptors (Lipinski definition) is 6. The van der Waals surface area contributed by atoms with Crippen LogP contribution in [-0.2, 0) is 19.6 Å². The van der Waals surface area contributed by atoms with Gasteiger partial charge in [-0.05, 0) is 22.9 Å². The molecule has 0 aliphatic carbocycles. The average Bonchev–Trinajstić information content (AvgIpc) is 2.30. The molecule has 7 nitrogen and oxygen atoms in total. The summed E-state index contributed by atoms with van der Waals surface area (Å²) in [5.74, 6) is -0.810. The summed E-state index contributed by atoms with van der Waals surface area (Å²) in [7, 11) is -3.63. The van der Waals surface area contributed by atoms with Crippen LogP contribution in [0.25, 0.3) is 0 Å². The molecule has 1 heterocycles. The van der Waals surface area contributed by atoms with Crippen molar-refractivity contribution in [1.29, 1.82) is 0 Å². The third kappa shape index (κ3) is 5.41. The highest BCUT2D eigenvalue weighted by Gasteiger charge is 2.14. The number of anilines is 1. The quantitative estimate of drug-likeness (QED) is 0.775. The number of sulfonamides is 1. The first kappa shape index (κ1) is 14.8. The largest absolute Gasteiger partial charge is 0.466 e. The normalized spacial score (nSPS) is 11.0. The summed E-state index contributed by atoms with van der Waals surface area (Å²) in [5.41, 5.74) is 0. The summed E-state index contributed by atoms with van der Waals surface area (Å²) in [6, 6.07) is 0. The number of aromatic nitrogens is 2. The maximum absolute atomic E-state index is 11.6. The van der Waals surface area contributed by atoms with E-state index in [4.69, 9.17) is 0 Å². The molecule has 18 heavy (non-hydrogen) atoms. The summed E-state index contributed by atoms with van der Waals surface area (Å²) in [6.07, 6.45) is 2.43. The van der Waals surface area contributed by atoms with Crippen LogP contribution < -0.4 is 4.72 Å². The molecule has 1 rings (SSSR count). The zero-order valence-corrected chi connectivity index (χ0v) is 12.0. The number of ether oxygens (including phenoxy) is 1. The molecule has 0 bridgehead atoms. The standard InChI is InChI=1S/C9H12BrN3O4S/c1-2-17-9(14)3-4-18(15,16)13-8-6-11-7(10)5-12-8/h5-6H,2-4H2,1H3,(H,12,13). The molecular formula is C9H12BrN3O4S. The highest BCUT2D eigenvalue weighted by molar-refractivity contribution is 9.10. The predicted octanol–water partition coefficient (Wildman–Crippen LogP) is 0.934. The second-order valence-corrected chi connectivity index (χ2v) is 5.85. The molecule has 0 spiro atoms. The number of nitrogens with one attached hydrogen (secondary N) is 1. The van der Waals surface area contributed by atoms with Crippen LogP contribution in [0.2, 0.25) is 0 Å². The molecule has 0 atom stereocenters. The Labute approximate surface area is 113 Å². The van der Waals surface area contributed by atoms with Crippen molar-refractivity contribution in [2.45, 2.75) is 13.3 Å². The molecule has 9 heteroatoms. The van der Waals surface area contributed by atoms with Crippen LogP contribution in [0.1, 0.15) is 13.3 Å². The lowest BCUT2D eigenvalue weighted by atomic mass is 10.5. The molecule has 1 aromatic heterocycles. The number of hydrogen-bond donors (Lipinski definition) is 1. The highest BCUT2D eigenvalue weighted by Crippen LogP contribution is 2.08. The van der Waals surface area contributed by atoms with Crippen LogP contribution >= 0.6 is 15.9 Å². The lowest BCUT2D eigenvalue weighted by molar-refractivity contribution is -0.142. The molecule has 0 aliphatic heterocycles. The summed E-state index contributed by atoms with van der Waals surface area (Å²) in [6.45, 7) is 1.88. The fourth-order valence-electron chi connectivity index (χ4n) is 1.03. The van der Waals surface area contributed by atoms with Crippen molar-refractivity contribution in [2.24, 2.45) is 0 Å². The maximum atomic E-state index is 11.6. The number of esters is 1. The van der Waals surface area contributed by atoms with Gasteiger partial charge >= 0.3 is 5.97 Å². The number of rotatable bonds is 6. The first-order chi connectivity index (χ1) is 8.43. The molecule has 1 N–H and O–H groups in total. The van der Waals surface area contributed by atoms with Crippen molar-refractivity contribution < 1.29 is 17.9 Å². The molecule has 0 saturated carbocycles. The summed E-state index contributed by atoms with van der Waals surface area (Å²) in [4.78, 5) is 18.7. The molecule has 0 amide bonds. The predicted molar refractivity (Wildman–Crippen MR) is 68.4 cm³/mol. The summed E-state index contributed by atoms with van der Waals surface area (Å²) >= 11 is 3.08. The van der Waals surface area contributed by atoms with Crippen LogP contribution in [0.4, 0.5) is 5.82 Å². The van der Waals surface area contributed by atoms with Gasteiger partial charge in [-0.2, -0.15) is 0 Å². The van der Waals surface area contributed by atoms with E-state index < -0.39 is 16.0 Å². The van der Waals surface area contributed by atoms with Gasteiger partial charge in [-0.15, -0.1) is 0 Å². The van der Waals surface area contributed by atoms with Crippen LogP contribution in [0.15, 0.2) is 17.0 Å². The first-order valence-corrected chi connectivity index (χ1v) is 7.51. The number of nitrogens with zero attached hydrogens (tertiary/aromatic N) is 2. The Bertz CT molecular complexity index is 503. The van der Waals surface area contributed by atoms with Gasteiger partial charge in [0.1, 0.15) is 4.60 Å². The lowest BCUT2D eigenvalue weighted by Gasteiger charge is -2.06. The Morgan fingerprint density at radius 2 is 2.17 bits per heavy atom. The third-order valence-electron chi connectivity index (χ3n) is 1.76. The van der Waals surface area contributed by atoms with E-state index in [1.807, 2.05) is 0 Å². The average molecular weight is 338 g/mol. The van der Waals surface area contributed by atoms with E-state index >= 15 is 0 Å². The molecule has 100 valence electrons. The van der Waals surface area contributed by atoms with Crippen molar-refractivity contribution in [3.8, 4) is 0 Å². The maximum Gasteiger partial charge on any atom is 0.306 e. The smallest absolute Gasteiger partial charge is 0.306 e. The topological polar surface area (TPSA) is 98.2 Å². The zero-order valence-electron chi connectivity index (χ0n) is 9.59. The Kier molecular flexibility index (Phi) is 5.48. The van der Waals surface area contributed by atoms with E-state index in [0.717, 1.165) is 0 Å². The Hall–Kier alpha value is -1.22. The van der Waals surface area contributed by atoms with Crippen molar-refractivity contribution in [2.75, 3.05) is 17.1 Å². The molecule has 0 fully saturated rings. The molecule has 0 aliphatic rings. The van der Waals surface area contributed by atoms with Gasteiger partial charge in [0, 0.05) is 0 Å². The summed E-state index contributed by atoms with van der Waals surface area (Å²) < 4.78 is 30.5. The number of carbonyl (C=O) groups is 1. The monoisotopic (exact) mass is 337 g/mol. The zero-order chi connectivity index (χ0) is 13.6. The van der Waals surface area contributed by atoms with Gasteiger partial charge in [-0.3, -0.25) is 9.52 Å². The summed E-state index contributed by atoms with van der Waals surface area (Å²) in [5, 5.41) is 0. The van der Waals surface area contributed by atoms with E-state index in [0.29, 0.717) is 4.60 Å². The third-order valence-corrected chi connectivity index (χ3v) is 3.43. The van der Waals surface area contributed by atoms with Crippen molar-refractivity contribution >= 4 is 37.7 Å². The Morgan fingerprint density at radius 3 is 2.72 bits per heavy atom. The molecule has 0 aromatic carbocycles. The first-order valence-electron chi connectivity index (χ1n) is 5.06. The molecule has 1 aromatic rings. The highest BCUT2D eigenvalue weighted by atomic mass is 79.9. The van der Waals surface area contributed by atoms with Gasteiger partial charge in [-0.25, -0.2) is 18.4 Å². The Morgan fingerprint density at radius 1 is 1.44 bits per heavy atom. The van der Waals surface area contributed by atoms with Crippen LogP contribution in [0.3, 0.4) is 0 Å². The van der Waals surface area contributed by atoms with Gasteiger partial charge < -0.3 is 4.74 Å².